The molecule has 2 heterocycles. The summed E-state index contributed by atoms with van der Waals surface area (Å²) in [6.45, 7) is 15.9. The number of nitrogens with one attached hydrogen (secondary N) is 2. The number of amides is 2. The van der Waals surface area contributed by atoms with Gasteiger partial charge in [-0.3, -0.25) is 14.4 Å². The van der Waals surface area contributed by atoms with Gasteiger partial charge >= 0.3 is 0 Å². The fourth-order valence-corrected chi connectivity index (χ4v) is 3.76. The molecule has 0 radical (unpaired) electrons. The Morgan fingerprint density at radius 1 is 1.14 bits per heavy atom. The molecule has 2 amide bonds. The lowest BCUT2D eigenvalue weighted by Crippen LogP contribution is -2.48. The molecule has 2 bridgehead atoms. The first-order valence-corrected chi connectivity index (χ1v) is 11.1. The monoisotopic (exact) mass is 413 g/mol. The van der Waals surface area contributed by atoms with E-state index in [-0.39, 0.29) is 31.6 Å². The van der Waals surface area contributed by atoms with Crippen LogP contribution < -0.4 is 10.6 Å². The maximum absolute atomic E-state index is 11.5. The molecule has 1 unspecified atom stereocenters. The van der Waals surface area contributed by atoms with E-state index < -0.39 is 6.04 Å². The van der Waals surface area contributed by atoms with Gasteiger partial charge in [-0.2, -0.15) is 0 Å². The van der Waals surface area contributed by atoms with Crippen molar-refractivity contribution in [3.05, 3.63) is 0 Å². The number of fused-ring (bicyclic) bond motifs is 2. The van der Waals surface area contributed by atoms with E-state index in [1.165, 1.54) is 51.7 Å². The number of ketones is 1. The molecule has 0 saturated carbocycles. The Morgan fingerprint density at radius 2 is 1.72 bits per heavy atom. The normalized spacial score (nSPS) is 22.2. The summed E-state index contributed by atoms with van der Waals surface area (Å²) in [6.07, 6.45) is 8.20. The summed E-state index contributed by atoms with van der Waals surface area (Å²) in [5.41, 5.74) is 0.788. The first kappa shape index (κ1) is 29.8. The summed E-state index contributed by atoms with van der Waals surface area (Å²) in [6, 6.07) is -0.577. The van der Waals surface area contributed by atoms with Crippen LogP contribution in [0.2, 0.25) is 0 Å². The van der Waals surface area contributed by atoms with Gasteiger partial charge in [-0.05, 0) is 43.7 Å². The smallest absolute Gasteiger partial charge is 0.243 e. The predicted molar refractivity (Wildman–Crippen MR) is 122 cm³/mol. The fourth-order valence-electron chi connectivity index (χ4n) is 3.76. The van der Waals surface area contributed by atoms with Crippen LogP contribution >= 0.6 is 0 Å². The summed E-state index contributed by atoms with van der Waals surface area (Å²) < 4.78 is 0. The number of hydrogen-bond acceptors (Lipinski definition) is 4. The molecule has 2 aliphatic heterocycles. The topological polar surface area (TPSA) is 78.5 Å². The highest BCUT2D eigenvalue weighted by molar-refractivity contribution is 5.89. The molecule has 0 aromatic rings. The number of carbonyl (C=O) groups excluding carboxylic acids is 3. The first-order valence-electron chi connectivity index (χ1n) is 11.1. The van der Waals surface area contributed by atoms with Crippen LogP contribution in [0.25, 0.3) is 0 Å². The van der Waals surface area contributed by atoms with Crippen LogP contribution in [0.4, 0.5) is 0 Å². The largest absolute Gasteiger partial charge is 0.347 e. The maximum Gasteiger partial charge on any atom is 0.243 e. The zero-order chi connectivity index (χ0) is 21.6. The molecule has 0 aromatic heterocycles. The van der Waals surface area contributed by atoms with Crippen LogP contribution in [0.15, 0.2) is 0 Å². The Kier molecular flexibility index (Phi) is 16.8. The highest BCUT2D eigenvalue weighted by Gasteiger charge is 2.42. The van der Waals surface area contributed by atoms with Crippen molar-refractivity contribution in [2.75, 3.05) is 26.2 Å². The van der Waals surface area contributed by atoms with Crippen LogP contribution in [-0.2, 0) is 14.4 Å². The highest BCUT2D eigenvalue weighted by Crippen LogP contribution is 2.44. The zero-order valence-electron chi connectivity index (χ0n) is 19.0. The molecule has 6 nitrogen and oxygen atoms in total. The number of carbonyl (C=O) groups is 3. The van der Waals surface area contributed by atoms with Gasteiger partial charge in [0, 0.05) is 13.0 Å². The van der Waals surface area contributed by atoms with E-state index in [1.54, 1.807) is 6.92 Å². The van der Waals surface area contributed by atoms with E-state index >= 15 is 0 Å². The molecule has 2 fully saturated rings. The van der Waals surface area contributed by atoms with E-state index in [0.717, 1.165) is 5.41 Å². The molecule has 2 aliphatic rings. The Hall–Kier alpha value is -1.43. The lowest BCUT2D eigenvalue weighted by Gasteiger charge is -2.24. The molecule has 172 valence electrons. The summed E-state index contributed by atoms with van der Waals surface area (Å²) in [5.74, 6) is -0.359. The van der Waals surface area contributed by atoms with Crippen LogP contribution in [0.3, 0.4) is 0 Å². The summed E-state index contributed by atoms with van der Waals surface area (Å²) in [5, 5.41) is 4.91. The summed E-state index contributed by atoms with van der Waals surface area (Å²) in [4.78, 5) is 35.4. The van der Waals surface area contributed by atoms with E-state index in [1.807, 2.05) is 27.7 Å². The molecule has 6 heteroatoms. The Bertz CT molecular complexity index is 458. The third kappa shape index (κ3) is 10.8. The molecule has 0 aromatic carbocycles. The van der Waals surface area contributed by atoms with Gasteiger partial charge in [-0.25, -0.2) is 0 Å². The average molecular weight is 414 g/mol. The summed E-state index contributed by atoms with van der Waals surface area (Å²) >= 11 is 0. The molecule has 0 aliphatic carbocycles. The lowest BCUT2D eigenvalue weighted by molar-refractivity contribution is -0.128. The second-order valence-corrected chi connectivity index (χ2v) is 8.00. The molecule has 2 rings (SSSR count). The molecule has 2 N–H and O–H groups in total. The Labute approximate surface area is 179 Å². The van der Waals surface area contributed by atoms with Gasteiger partial charge in [0.05, 0.1) is 6.54 Å². The second kappa shape index (κ2) is 16.4. The van der Waals surface area contributed by atoms with Crippen molar-refractivity contribution < 1.29 is 14.4 Å². The van der Waals surface area contributed by atoms with Crippen molar-refractivity contribution in [1.29, 1.82) is 0 Å². The standard InChI is InChI=1S/C10H18N2O3.C10H19N.C2H6.CH4/c1-4-8(14)5-11-10(15)9(7(2)3)12-6-13;1-2-3-4-10-5-7-11(9-10)8-6-10;1-2;/h6-7,9H,4-5H2,1-3H3,(H,11,15)(H,12,13);2-9H2,1H3;1-2H3;1H4. The number of piperidine rings is 1. The van der Waals surface area contributed by atoms with Gasteiger partial charge in [-0.1, -0.05) is 61.8 Å². The maximum atomic E-state index is 11.5. The highest BCUT2D eigenvalue weighted by atomic mass is 16.2. The third-order valence-corrected chi connectivity index (χ3v) is 5.59. The van der Waals surface area contributed by atoms with Crippen LogP contribution in [0, 0.1) is 11.3 Å². The van der Waals surface area contributed by atoms with Crippen LogP contribution in [0.1, 0.15) is 87.5 Å². The van der Waals surface area contributed by atoms with Gasteiger partial charge in [0.25, 0.3) is 0 Å². The second-order valence-electron chi connectivity index (χ2n) is 8.00. The van der Waals surface area contributed by atoms with Crippen molar-refractivity contribution in [1.82, 2.24) is 15.5 Å². The van der Waals surface area contributed by atoms with Crippen molar-refractivity contribution in [2.24, 2.45) is 11.3 Å². The van der Waals surface area contributed by atoms with Gasteiger partial charge in [0.15, 0.2) is 5.78 Å². The Morgan fingerprint density at radius 3 is 2.10 bits per heavy atom. The predicted octanol–water partition coefficient (Wildman–Crippen LogP) is 3.79. The number of nitrogens with zero attached hydrogens (tertiary/aromatic N) is 1. The average Bonchev–Trinajstić information content (AvgIpc) is 3.31. The van der Waals surface area contributed by atoms with Crippen molar-refractivity contribution in [3.63, 3.8) is 0 Å². The van der Waals surface area contributed by atoms with E-state index in [4.69, 9.17) is 0 Å². The zero-order valence-corrected chi connectivity index (χ0v) is 19.0. The third-order valence-electron chi connectivity index (χ3n) is 5.59. The summed E-state index contributed by atoms with van der Waals surface area (Å²) in [7, 11) is 0. The molecular weight excluding hydrogens is 366 g/mol. The van der Waals surface area contributed by atoms with E-state index in [2.05, 4.69) is 22.5 Å². The molecular formula is C23H47N3O3. The molecule has 1 atom stereocenters. The number of unbranched alkanes of at least 4 members (excludes halogenated alkanes) is 1. The fraction of sp³-hybridized carbons (Fsp3) is 0.870. The minimum Gasteiger partial charge on any atom is -0.347 e. The molecule has 2 saturated heterocycles. The van der Waals surface area contributed by atoms with E-state index in [9.17, 15) is 14.4 Å². The van der Waals surface area contributed by atoms with Gasteiger partial charge in [0.1, 0.15) is 6.04 Å². The van der Waals surface area contributed by atoms with Gasteiger partial charge < -0.3 is 15.5 Å². The number of rotatable bonds is 10. The van der Waals surface area contributed by atoms with Gasteiger partial charge in [-0.15, -0.1) is 0 Å². The molecule has 29 heavy (non-hydrogen) atoms. The van der Waals surface area contributed by atoms with Crippen molar-refractivity contribution >= 4 is 18.1 Å². The van der Waals surface area contributed by atoms with Crippen LogP contribution in [-0.4, -0.2) is 55.2 Å². The van der Waals surface area contributed by atoms with Crippen molar-refractivity contribution in [3.8, 4) is 0 Å². The minimum absolute atomic E-state index is 0. The number of Topliss-reactive ketones (excluding diaryl/α,β-unsaturated/α-hetero) is 1. The minimum atomic E-state index is -0.577. The quantitative estimate of drug-likeness (QED) is 0.534. The lowest BCUT2D eigenvalue weighted by atomic mass is 9.80. The van der Waals surface area contributed by atoms with Crippen LogP contribution in [0.5, 0.6) is 0 Å². The Balaban J connectivity index is 0. The first-order chi connectivity index (χ1) is 13.4. The SMILES string of the molecule is C.CC.CCC(=O)CNC(=O)C(NC=O)C(C)C.CCCCC12CCN(CC1)C2. The number of hydrogen-bond donors (Lipinski definition) is 2. The molecule has 0 spiro atoms. The van der Waals surface area contributed by atoms with Gasteiger partial charge in [0.2, 0.25) is 12.3 Å². The van der Waals surface area contributed by atoms with Crippen molar-refractivity contribution in [2.45, 2.75) is 93.5 Å². The van der Waals surface area contributed by atoms with E-state index in [0.29, 0.717) is 12.8 Å².